The van der Waals surface area contributed by atoms with Crippen LogP contribution < -0.4 is 5.32 Å². The van der Waals surface area contributed by atoms with Gasteiger partial charge in [0.15, 0.2) is 11.5 Å². The van der Waals surface area contributed by atoms with Crippen LogP contribution in [0.3, 0.4) is 0 Å². The number of nitrogens with one attached hydrogen (secondary N) is 2. The lowest BCUT2D eigenvalue weighted by Gasteiger charge is -2.03. The van der Waals surface area contributed by atoms with Gasteiger partial charge in [0.1, 0.15) is 11.5 Å². The van der Waals surface area contributed by atoms with Gasteiger partial charge in [0.25, 0.3) is 5.91 Å². The number of carbonyl (C=O) groups excluding carboxylic acids is 1. The number of furan rings is 1. The fourth-order valence-corrected chi connectivity index (χ4v) is 2.03. The Labute approximate surface area is 127 Å². The number of hydrogen-bond donors (Lipinski definition) is 2. The van der Waals surface area contributed by atoms with Crippen molar-refractivity contribution >= 4 is 11.6 Å². The molecule has 108 valence electrons. The summed E-state index contributed by atoms with van der Waals surface area (Å²) >= 11 is 0. The van der Waals surface area contributed by atoms with Crippen LogP contribution in [0, 0.1) is 19.3 Å². The summed E-state index contributed by atoms with van der Waals surface area (Å²) in [6, 6.07) is 12.4. The molecule has 5 nitrogen and oxygen atoms in total. The van der Waals surface area contributed by atoms with Crippen molar-refractivity contribution in [3.8, 4) is 23.8 Å². The van der Waals surface area contributed by atoms with Crippen molar-refractivity contribution in [3.63, 3.8) is 0 Å². The number of aromatic amines is 1. The summed E-state index contributed by atoms with van der Waals surface area (Å²) < 4.78 is 5.49. The van der Waals surface area contributed by atoms with Gasteiger partial charge in [-0.3, -0.25) is 9.89 Å². The van der Waals surface area contributed by atoms with E-state index in [2.05, 4.69) is 21.4 Å². The van der Waals surface area contributed by atoms with Crippen molar-refractivity contribution in [2.24, 2.45) is 0 Å². The Balaban J connectivity index is 1.78. The molecule has 0 aliphatic rings. The highest BCUT2D eigenvalue weighted by Crippen LogP contribution is 2.20. The second-order valence-corrected chi connectivity index (χ2v) is 4.76. The fraction of sp³-hybridized carbons (Fsp3) is 0.0588. The lowest BCUT2D eigenvalue weighted by Crippen LogP contribution is -2.12. The van der Waals surface area contributed by atoms with Crippen LogP contribution >= 0.6 is 0 Å². The molecule has 0 aliphatic carbocycles. The van der Waals surface area contributed by atoms with Crippen molar-refractivity contribution in [3.05, 3.63) is 59.5 Å². The zero-order valence-electron chi connectivity index (χ0n) is 11.9. The summed E-state index contributed by atoms with van der Waals surface area (Å²) in [5.41, 5.74) is 2.25. The third kappa shape index (κ3) is 2.76. The highest BCUT2D eigenvalue weighted by molar-refractivity contribution is 6.03. The molecule has 0 bridgehead atoms. The van der Waals surface area contributed by atoms with E-state index in [0.29, 0.717) is 22.7 Å². The monoisotopic (exact) mass is 291 g/mol. The smallest absolute Gasteiger partial charge is 0.276 e. The van der Waals surface area contributed by atoms with Crippen LogP contribution in [0.15, 0.2) is 46.9 Å². The van der Waals surface area contributed by atoms with Crippen molar-refractivity contribution in [1.29, 1.82) is 0 Å². The number of aromatic nitrogens is 2. The van der Waals surface area contributed by atoms with Gasteiger partial charge >= 0.3 is 0 Å². The van der Waals surface area contributed by atoms with Gasteiger partial charge in [-0.2, -0.15) is 5.10 Å². The summed E-state index contributed by atoms with van der Waals surface area (Å²) in [5, 5.41) is 9.55. The number of hydrogen-bond acceptors (Lipinski definition) is 3. The average molecular weight is 291 g/mol. The molecule has 5 heteroatoms. The Morgan fingerprint density at radius 1 is 1.32 bits per heavy atom. The van der Waals surface area contributed by atoms with Gasteiger partial charge in [-0.1, -0.05) is 12.0 Å². The molecule has 1 aromatic carbocycles. The molecule has 0 saturated carbocycles. The number of amides is 1. The van der Waals surface area contributed by atoms with Gasteiger partial charge < -0.3 is 9.73 Å². The molecule has 0 atom stereocenters. The molecule has 0 aliphatic heterocycles. The Kier molecular flexibility index (Phi) is 3.50. The molecular formula is C17H13N3O2. The minimum Gasteiger partial charge on any atom is -0.460 e. The van der Waals surface area contributed by atoms with Crippen LogP contribution in [0.5, 0.6) is 0 Å². The molecule has 3 rings (SSSR count). The molecule has 0 radical (unpaired) electrons. The molecule has 2 N–H and O–H groups in total. The maximum Gasteiger partial charge on any atom is 0.276 e. The minimum atomic E-state index is -0.319. The average Bonchev–Trinajstić information content (AvgIpc) is 3.16. The summed E-state index contributed by atoms with van der Waals surface area (Å²) in [7, 11) is 0. The molecule has 2 aromatic heterocycles. The first-order chi connectivity index (χ1) is 10.7. The van der Waals surface area contributed by atoms with Gasteiger partial charge in [-0.05, 0) is 37.3 Å². The van der Waals surface area contributed by atoms with Crippen LogP contribution in [-0.2, 0) is 0 Å². The normalized spacial score (nSPS) is 10.2. The molecule has 0 unspecified atom stereocenters. The number of aryl methyl sites for hydroxylation is 1. The molecule has 0 spiro atoms. The zero-order chi connectivity index (χ0) is 15.5. The van der Waals surface area contributed by atoms with E-state index in [4.69, 9.17) is 10.8 Å². The van der Waals surface area contributed by atoms with Crippen molar-refractivity contribution < 1.29 is 9.21 Å². The molecule has 3 aromatic rings. The summed E-state index contributed by atoms with van der Waals surface area (Å²) in [4.78, 5) is 12.2. The lowest BCUT2D eigenvalue weighted by molar-refractivity contribution is 0.102. The van der Waals surface area contributed by atoms with Gasteiger partial charge in [0, 0.05) is 17.3 Å². The number of carbonyl (C=O) groups is 1. The van der Waals surface area contributed by atoms with E-state index in [0.717, 1.165) is 5.76 Å². The molecular weight excluding hydrogens is 278 g/mol. The summed E-state index contributed by atoms with van der Waals surface area (Å²) in [5.74, 6) is 3.63. The Morgan fingerprint density at radius 2 is 2.18 bits per heavy atom. The zero-order valence-corrected chi connectivity index (χ0v) is 11.9. The van der Waals surface area contributed by atoms with Gasteiger partial charge in [0.2, 0.25) is 0 Å². The highest BCUT2D eigenvalue weighted by atomic mass is 16.3. The van der Waals surface area contributed by atoms with E-state index in [1.807, 2.05) is 19.1 Å². The topological polar surface area (TPSA) is 70.9 Å². The van der Waals surface area contributed by atoms with Gasteiger partial charge in [0.05, 0.1) is 0 Å². The number of H-pyrrole nitrogens is 1. The number of benzene rings is 1. The second-order valence-electron chi connectivity index (χ2n) is 4.76. The van der Waals surface area contributed by atoms with Crippen LogP contribution in [0.25, 0.3) is 11.5 Å². The number of nitrogens with zero attached hydrogens (tertiary/aromatic N) is 1. The van der Waals surface area contributed by atoms with Crippen LogP contribution in [-0.4, -0.2) is 16.1 Å². The van der Waals surface area contributed by atoms with Crippen LogP contribution in [0.4, 0.5) is 5.69 Å². The van der Waals surface area contributed by atoms with Crippen LogP contribution in [0.1, 0.15) is 21.8 Å². The van der Waals surface area contributed by atoms with E-state index in [-0.39, 0.29) is 11.6 Å². The minimum absolute atomic E-state index is 0.273. The van der Waals surface area contributed by atoms with Crippen LogP contribution in [0.2, 0.25) is 0 Å². The molecule has 0 fully saturated rings. The quantitative estimate of drug-likeness (QED) is 0.728. The number of rotatable bonds is 3. The lowest BCUT2D eigenvalue weighted by atomic mass is 10.2. The largest absolute Gasteiger partial charge is 0.460 e. The summed E-state index contributed by atoms with van der Waals surface area (Å²) in [6.07, 6.45) is 5.34. The Bertz CT molecular complexity index is 868. The Morgan fingerprint density at radius 3 is 2.91 bits per heavy atom. The van der Waals surface area contributed by atoms with Crippen molar-refractivity contribution in [1.82, 2.24) is 10.2 Å². The molecule has 2 heterocycles. The van der Waals surface area contributed by atoms with Gasteiger partial charge in [-0.25, -0.2) is 0 Å². The molecule has 1 amide bonds. The highest BCUT2D eigenvalue weighted by Gasteiger charge is 2.13. The van der Waals surface area contributed by atoms with E-state index in [9.17, 15) is 4.79 Å². The standard InChI is InChI=1S/C17H13N3O2/c1-3-12-5-4-6-13(9-12)18-17(21)15-10-14(19-20-15)16-8-7-11(2)22-16/h1,4-10H,2H3,(H,18,21)(H,19,20). The maximum absolute atomic E-state index is 12.2. The molecule has 0 saturated heterocycles. The maximum atomic E-state index is 12.2. The van der Waals surface area contributed by atoms with Gasteiger partial charge in [-0.15, -0.1) is 6.42 Å². The first-order valence-electron chi connectivity index (χ1n) is 6.66. The first-order valence-corrected chi connectivity index (χ1v) is 6.66. The fourth-order valence-electron chi connectivity index (χ4n) is 2.03. The number of anilines is 1. The van der Waals surface area contributed by atoms with Crippen molar-refractivity contribution in [2.75, 3.05) is 5.32 Å². The van der Waals surface area contributed by atoms with E-state index < -0.39 is 0 Å². The summed E-state index contributed by atoms with van der Waals surface area (Å²) in [6.45, 7) is 1.85. The number of terminal acetylenes is 1. The third-order valence-electron chi connectivity index (χ3n) is 3.10. The van der Waals surface area contributed by atoms with E-state index >= 15 is 0 Å². The third-order valence-corrected chi connectivity index (χ3v) is 3.10. The SMILES string of the molecule is C#Cc1cccc(NC(=O)c2cc(-c3ccc(C)o3)[nH]n2)c1. The second kappa shape index (κ2) is 5.62. The van der Waals surface area contributed by atoms with Crippen molar-refractivity contribution in [2.45, 2.75) is 6.92 Å². The predicted molar refractivity (Wildman–Crippen MR) is 83.4 cm³/mol. The predicted octanol–water partition coefficient (Wildman–Crippen LogP) is 3.21. The van der Waals surface area contributed by atoms with E-state index in [1.165, 1.54) is 0 Å². The Hall–Kier alpha value is -3.26. The first kappa shape index (κ1) is 13.7. The molecule has 22 heavy (non-hydrogen) atoms. The van der Waals surface area contributed by atoms with E-state index in [1.54, 1.807) is 30.3 Å².